The monoisotopic (exact) mass is 462 g/mol. The molecule has 2 aromatic carbocycles. The van der Waals surface area contributed by atoms with Crippen LogP contribution in [0.4, 0.5) is 5.95 Å². The molecule has 0 radical (unpaired) electrons. The molecule has 1 aliphatic carbocycles. The molecular formula is C26H30N4O4. The van der Waals surface area contributed by atoms with E-state index in [1.54, 1.807) is 27.5 Å². The van der Waals surface area contributed by atoms with Crippen LogP contribution >= 0.6 is 0 Å². The second-order valence-corrected chi connectivity index (χ2v) is 8.26. The normalized spacial score (nSPS) is 17.6. The molecule has 4 rings (SSSR count). The van der Waals surface area contributed by atoms with Crippen molar-refractivity contribution in [3.8, 4) is 28.4 Å². The first kappa shape index (κ1) is 23.4. The Balaban J connectivity index is 1.65. The third kappa shape index (κ3) is 5.06. The highest BCUT2D eigenvalue weighted by Gasteiger charge is 2.26. The summed E-state index contributed by atoms with van der Waals surface area (Å²) in [6.07, 6.45) is 7.11. The second-order valence-electron chi connectivity index (χ2n) is 8.26. The summed E-state index contributed by atoms with van der Waals surface area (Å²) >= 11 is 0. The molecule has 2 atom stereocenters. The van der Waals surface area contributed by atoms with Gasteiger partial charge in [-0.05, 0) is 42.7 Å². The molecule has 1 fully saturated rings. The van der Waals surface area contributed by atoms with E-state index in [2.05, 4.69) is 22.2 Å². The lowest BCUT2D eigenvalue weighted by Gasteiger charge is -2.32. The van der Waals surface area contributed by atoms with Gasteiger partial charge in [0.15, 0.2) is 0 Å². The average Bonchev–Trinajstić information content (AvgIpc) is 2.88. The first-order chi connectivity index (χ1) is 16.5. The van der Waals surface area contributed by atoms with Gasteiger partial charge in [0, 0.05) is 41.4 Å². The Morgan fingerprint density at radius 3 is 2.35 bits per heavy atom. The summed E-state index contributed by atoms with van der Waals surface area (Å²) in [5.74, 6) is 2.43. The summed E-state index contributed by atoms with van der Waals surface area (Å²) in [4.78, 5) is 21.1. The summed E-state index contributed by atoms with van der Waals surface area (Å²) in [6.45, 7) is 3.55. The van der Waals surface area contributed by atoms with Crippen LogP contribution in [-0.2, 0) is 4.79 Å². The van der Waals surface area contributed by atoms with Crippen LogP contribution < -0.4 is 24.8 Å². The summed E-state index contributed by atoms with van der Waals surface area (Å²) in [5.41, 5.74) is 2.55. The van der Waals surface area contributed by atoms with Crippen molar-refractivity contribution in [2.45, 2.75) is 37.8 Å². The van der Waals surface area contributed by atoms with Gasteiger partial charge in [0.2, 0.25) is 11.9 Å². The number of carbonyl (C=O) groups is 1. The number of nitrogens with zero attached hydrogens (tertiary/aromatic N) is 2. The van der Waals surface area contributed by atoms with Crippen molar-refractivity contribution in [2.24, 2.45) is 0 Å². The van der Waals surface area contributed by atoms with E-state index in [1.807, 2.05) is 30.3 Å². The molecule has 1 heterocycles. The Kier molecular flexibility index (Phi) is 7.15. The van der Waals surface area contributed by atoms with Crippen LogP contribution in [0.5, 0.6) is 17.2 Å². The predicted molar refractivity (Wildman–Crippen MR) is 133 cm³/mol. The zero-order chi connectivity index (χ0) is 24.1. The average molecular weight is 463 g/mol. The number of methoxy groups -OCH3 is 3. The molecule has 34 heavy (non-hydrogen) atoms. The Hall–Kier alpha value is -3.81. The molecule has 8 heteroatoms. The molecule has 1 saturated carbocycles. The van der Waals surface area contributed by atoms with Crippen molar-refractivity contribution in [1.29, 1.82) is 0 Å². The molecule has 0 saturated heterocycles. The molecule has 0 spiro atoms. The maximum Gasteiger partial charge on any atom is 0.243 e. The molecule has 8 nitrogen and oxygen atoms in total. The van der Waals surface area contributed by atoms with Gasteiger partial charge in [0.1, 0.15) is 17.2 Å². The van der Waals surface area contributed by atoms with E-state index in [0.29, 0.717) is 23.2 Å². The minimum atomic E-state index is -0.162. The van der Waals surface area contributed by atoms with E-state index < -0.39 is 0 Å². The fraction of sp³-hybridized carbons (Fsp3) is 0.346. The number of hydrogen-bond acceptors (Lipinski definition) is 7. The third-order valence-corrected chi connectivity index (χ3v) is 6.16. The highest BCUT2D eigenvalue weighted by molar-refractivity contribution is 5.89. The maximum atomic E-state index is 11.8. The van der Waals surface area contributed by atoms with Gasteiger partial charge in [-0.15, -0.1) is 0 Å². The molecule has 1 amide bonds. The highest BCUT2D eigenvalue weighted by atomic mass is 16.5. The Bertz CT molecular complexity index is 1170. The zero-order valence-electron chi connectivity index (χ0n) is 19.8. The minimum Gasteiger partial charge on any atom is -0.497 e. The maximum absolute atomic E-state index is 11.8. The topological polar surface area (TPSA) is 94.6 Å². The quantitative estimate of drug-likeness (QED) is 0.481. The lowest BCUT2D eigenvalue weighted by Crippen LogP contribution is -2.48. The van der Waals surface area contributed by atoms with Gasteiger partial charge >= 0.3 is 0 Å². The van der Waals surface area contributed by atoms with Gasteiger partial charge in [0.25, 0.3) is 0 Å². The number of benzene rings is 2. The minimum absolute atomic E-state index is 0.0125. The van der Waals surface area contributed by atoms with Crippen molar-refractivity contribution in [2.75, 3.05) is 26.6 Å². The molecule has 0 aliphatic heterocycles. The fourth-order valence-electron chi connectivity index (χ4n) is 4.37. The first-order valence-electron chi connectivity index (χ1n) is 11.3. The van der Waals surface area contributed by atoms with Crippen LogP contribution in [0.25, 0.3) is 22.0 Å². The molecule has 3 aromatic rings. The van der Waals surface area contributed by atoms with Crippen molar-refractivity contribution < 1.29 is 19.0 Å². The number of fused-ring (bicyclic) bond motifs is 1. The number of hydrogen-bond donors (Lipinski definition) is 2. The summed E-state index contributed by atoms with van der Waals surface area (Å²) < 4.78 is 16.5. The molecule has 2 unspecified atom stereocenters. The first-order valence-corrected chi connectivity index (χ1v) is 11.3. The van der Waals surface area contributed by atoms with E-state index in [9.17, 15) is 4.79 Å². The number of carbonyl (C=O) groups excluding carboxylic acids is 1. The third-order valence-electron chi connectivity index (χ3n) is 6.16. The Morgan fingerprint density at radius 2 is 1.71 bits per heavy atom. The largest absolute Gasteiger partial charge is 0.497 e. The summed E-state index contributed by atoms with van der Waals surface area (Å²) in [5, 5.41) is 7.32. The van der Waals surface area contributed by atoms with Crippen LogP contribution in [0.3, 0.4) is 0 Å². The van der Waals surface area contributed by atoms with Crippen LogP contribution in [0, 0.1) is 0 Å². The molecular weight excluding hydrogens is 432 g/mol. The Labute approximate surface area is 199 Å². The van der Waals surface area contributed by atoms with E-state index in [1.165, 1.54) is 6.08 Å². The van der Waals surface area contributed by atoms with Crippen molar-refractivity contribution >= 4 is 22.8 Å². The molecule has 1 aromatic heterocycles. The second kappa shape index (κ2) is 10.4. The van der Waals surface area contributed by atoms with E-state index >= 15 is 0 Å². The van der Waals surface area contributed by atoms with E-state index in [-0.39, 0.29) is 18.0 Å². The number of aromatic nitrogens is 2. The van der Waals surface area contributed by atoms with E-state index in [0.717, 1.165) is 47.7 Å². The highest BCUT2D eigenvalue weighted by Crippen LogP contribution is 2.37. The number of anilines is 1. The van der Waals surface area contributed by atoms with Crippen LogP contribution in [0.1, 0.15) is 25.7 Å². The molecule has 0 bridgehead atoms. The number of amides is 1. The molecule has 178 valence electrons. The molecule has 2 N–H and O–H groups in total. The number of nitrogens with one attached hydrogen (secondary N) is 2. The SMILES string of the molecule is C=CC(=O)NC1CCCCC1Nc1ncc2cc(-c3cc(OC)cc(OC)c3)c(OC)cc2n1. The van der Waals surface area contributed by atoms with Crippen molar-refractivity contribution in [3.63, 3.8) is 0 Å². The van der Waals surface area contributed by atoms with Gasteiger partial charge in [-0.1, -0.05) is 19.4 Å². The fourth-order valence-corrected chi connectivity index (χ4v) is 4.37. The van der Waals surface area contributed by atoms with Gasteiger partial charge in [-0.25, -0.2) is 9.97 Å². The van der Waals surface area contributed by atoms with Crippen LogP contribution in [0.2, 0.25) is 0 Å². The van der Waals surface area contributed by atoms with Crippen molar-refractivity contribution in [1.82, 2.24) is 15.3 Å². The van der Waals surface area contributed by atoms with E-state index in [4.69, 9.17) is 19.2 Å². The standard InChI is InChI=1S/C26H30N4O4/c1-5-25(31)28-21-8-6-7-9-22(21)29-26-27-15-17-12-20(24(34-4)14-23(17)30-26)16-10-18(32-2)13-19(11-16)33-3/h5,10-15,21-22H,1,6-9H2,2-4H3,(H,28,31)(H,27,29,30). The lowest BCUT2D eigenvalue weighted by molar-refractivity contribution is -0.117. The number of rotatable bonds is 8. The smallest absolute Gasteiger partial charge is 0.243 e. The number of ether oxygens (including phenoxy) is 3. The zero-order valence-corrected chi connectivity index (χ0v) is 19.8. The summed E-state index contributed by atoms with van der Waals surface area (Å²) in [7, 11) is 4.88. The van der Waals surface area contributed by atoms with Crippen LogP contribution in [-0.4, -0.2) is 49.3 Å². The Morgan fingerprint density at radius 1 is 1.00 bits per heavy atom. The predicted octanol–water partition coefficient (Wildman–Crippen LogP) is 4.35. The molecule has 1 aliphatic rings. The van der Waals surface area contributed by atoms with Gasteiger partial charge in [-0.3, -0.25) is 4.79 Å². The lowest BCUT2D eigenvalue weighted by atomic mass is 9.90. The van der Waals surface area contributed by atoms with Crippen LogP contribution in [0.15, 0.2) is 49.2 Å². The summed E-state index contributed by atoms with van der Waals surface area (Å²) in [6, 6.07) is 9.67. The van der Waals surface area contributed by atoms with Gasteiger partial charge in [-0.2, -0.15) is 0 Å². The van der Waals surface area contributed by atoms with Gasteiger partial charge in [0.05, 0.1) is 26.8 Å². The van der Waals surface area contributed by atoms with Crippen molar-refractivity contribution in [3.05, 3.63) is 49.2 Å². The van der Waals surface area contributed by atoms with Gasteiger partial charge < -0.3 is 24.8 Å².